The molecule has 160 valence electrons. The molecule has 0 radical (unpaired) electrons. The van der Waals surface area contributed by atoms with E-state index < -0.39 is 0 Å². The maximum atomic E-state index is 6.32. The van der Waals surface area contributed by atoms with Crippen molar-refractivity contribution in [3.05, 3.63) is 77.7 Å². The topological polar surface area (TPSA) is 38.9 Å². The van der Waals surface area contributed by atoms with E-state index in [1.807, 2.05) is 12.4 Å². The lowest BCUT2D eigenvalue weighted by atomic mass is 9.60. The minimum atomic E-state index is 0.208. The third-order valence-electron chi connectivity index (χ3n) is 9.40. The summed E-state index contributed by atoms with van der Waals surface area (Å²) in [6.45, 7) is 5.03. The Morgan fingerprint density at radius 2 is 1.97 bits per heavy atom. The molecular formula is C29H34N2. The minimum Gasteiger partial charge on any atom is -0.324 e. The molecule has 0 bridgehead atoms. The number of rotatable bonds is 1. The molecule has 1 aromatic heterocycles. The molecule has 2 heteroatoms. The highest BCUT2D eigenvalue weighted by Crippen LogP contribution is 2.63. The lowest BCUT2D eigenvalue weighted by Crippen LogP contribution is -2.36. The summed E-state index contributed by atoms with van der Waals surface area (Å²) in [5, 5.41) is 2.57. The number of benzene rings is 1. The van der Waals surface area contributed by atoms with Gasteiger partial charge in [-0.2, -0.15) is 0 Å². The van der Waals surface area contributed by atoms with Crippen molar-refractivity contribution in [1.29, 1.82) is 0 Å². The van der Waals surface area contributed by atoms with E-state index >= 15 is 0 Å². The van der Waals surface area contributed by atoms with Crippen LogP contribution in [0.1, 0.15) is 63.9 Å². The molecule has 6 unspecified atom stereocenters. The first-order valence-corrected chi connectivity index (χ1v) is 12.2. The zero-order valence-electron chi connectivity index (χ0n) is 18.9. The summed E-state index contributed by atoms with van der Waals surface area (Å²) in [7, 11) is 0. The number of nitrogens with zero attached hydrogens (tertiary/aromatic N) is 1. The molecule has 1 fully saturated rings. The zero-order chi connectivity index (χ0) is 21.2. The number of aromatic nitrogens is 1. The molecule has 0 amide bonds. The SMILES string of the molecule is CC12CCC3C(=CCC4(C)C(c5ccc6ccncc6c5)CCC34)C=C1C=CC(N)C2. The number of nitrogens with two attached hydrogens (primary N) is 1. The van der Waals surface area contributed by atoms with Gasteiger partial charge in [-0.25, -0.2) is 0 Å². The Morgan fingerprint density at radius 3 is 2.87 bits per heavy atom. The predicted octanol–water partition coefficient (Wildman–Crippen LogP) is 6.69. The summed E-state index contributed by atoms with van der Waals surface area (Å²) in [5.74, 6) is 2.12. The molecule has 0 spiro atoms. The van der Waals surface area contributed by atoms with E-state index in [1.165, 1.54) is 54.0 Å². The fourth-order valence-electron chi connectivity index (χ4n) is 7.60. The van der Waals surface area contributed by atoms with Gasteiger partial charge in [-0.3, -0.25) is 4.98 Å². The van der Waals surface area contributed by atoms with Crippen molar-refractivity contribution in [3.8, 4) is 0 Å². The van der Waals surface area contributed by atoms with Crippen molar-refractivity contribution < 1.29 is 0 Å². The quantitative estimate of drug-likeness (QED) is 0.568. The van der Waals surface area contributed by atoms with E-state index in [2.05, 4.69) is 67.4 Å². The van der Waals surface area contributed by atoms with Gasteiger partial charge >= 0.3 is 0 Å². The second-order valence-electron chi connectivity index (χ2n) is 11.2. The van der Waals surface area contributed by atoms with Crippen molar-refractivity contribution in [2.24, 2.45) is 28.4 Å². The van der Waals surface area contributed by atoms with Gasteiger partial charge in [-0.15, -0.1) is 0 Å². The van der Waals surface area contributed by atoms with Gasteiger partial charge in [0.05, 0.1) is 0 Å². The maximum absolute atomic E-state index is 6.32. The van der Waals surface area contributed by atoms with Crippen molar-refractivity contribution in [2.45, 2.75) is 64.3 Å². The van der Waals surface area contributed by atoms with Gasteiger partial charge in [-0.1, -0.05) is 50.3 Å². The van der Waals surface area contributed by atoms with Crippen molar-refractivity contribution in [2.75, 3.05) is 0 Å². The van der Waals surface area contributed by atoms with E-state index in [-0.39, 0.29) is 11.5 Å². The second kappa shape index (κ2) is 6.90. The fraction of sp³-hybridized carbons (Fsp3) is 0.483. The first-order valence-electron chi connectivity index (χ1n) is 12.2. The van der Waals surface area contributed by atoms with Gasteiger partial charge in [0.15, 0.2) is 0 Å². The highest BCUT2D eigenvalue weighted by molar-refractivity contribution is 5.82. The van der Waals surface area contributed by atoms with Crippen LogP contribution < -0.4 is 5.73 Å². The third kappa shape index (κ3) is 2.98. The smallest absolute Gasteiger partial charge is 0.0346 e. The van der Waals surface area contributed by atoms with E-state index in [4.69, 9.17) is 5.73 Å². The normalized spacial score (nSPS) is 39.2. The third-order valence-corrected chi connectivity index (χ3v) is 9.40. The Morgan fingerprint density at radius 1 is 1.06 bits per heavy atom. The molecule has 4 aliphatic carbocycles. The van der Waals surface area contributed by atoms with Crippen LogP contribution in [0.25, 0.3) is 10.8 Å². The molecule has 1 saturated carbocycles. The van der Waals surface area contributed by atoms with Gasteiger partial charge in [0, 0.05) is 23.8 Å². The van der Waals surface area contributed by atoms with Gasteiger partial charge in [0.1, 0.15) is 0 Å². The van der Waals surface area contributed by atoms with E-state index in [1.54, 1.807) is 5.57 Å². The van der Waals surface area contributed by atoms with Crippen LogP contribution in [0.5, 0.6) is 0 Å². The van der Waals surface area contributed by atoms with Crippen molar-refractivity contribution in [1.82, 2.24) is 4.98 Å². The fourth-order valence-corrected chi connectivity index (χ4v) is 7.60. The van der Waals surface area contributed by atoms with E-state index in [0.29, 0.717) is 17.3 Å². The summed E-state index contributed by atoms with van der Waals surface area (Å²) in [6, 6.07) is 9.42. The second-order valence-corrected chi connectivity index (χ2v) is 11.2. The van der Waals surface area contributed by atoms with Crippen LogP contribution >= 0.6 is 0 Å². The summed E-state index contributed by atoms with van der Waals surface area (Å²) in [4.78, 5) is 4.36. The van der Waals surface area contributed by atoms with Crippen LogP contribution in [0.15, 0.2) is 72.1 Å². The number of hydrogen-bond acceptors (Lipinski definition) is 2. The number of fused-ring (bicyclic) bond motifs is 5. The molecule has 1 aromatic carbocycles. The molecule has 2 N–H and O–H groups in total. The molecule has 6 rings (SSSR count). The summed E-state index contributed by atoms with van der Waals surface area (Å²) in [6.07, 6.45) is 21.1. The summed E-state index contributed by atoms with van der Waals surface area (Å²) in [5.41, 5.74) is 11.6. The van der Waals surface area contributed by atoms with Crippen molar-refractivity contribution >= 4 is 10.8 Å². The monoisotopic (exact) mass is 410 g/mol. The van der Waals surface area contributed by atoms with Gasteiger partial charge < -0.3 is 5.73 Å². The Kier molecular flexibility index (Phi) is 4.34. The average Bonchev–Trinajstić information content (AvgIpc) is 3.04. The number of allylic oxidation sites excluding steroid dienone is 5. The van der Waals surface area contributed by atoms with Crippen LogP contribution in [0.2, 0.25) is 0 Å². The molecule has 4 aliphatic rings. The van der Waals surface area contributed by atoms with Crippen molar-refractivity contribution in [3.63, 3.8) is 0 Å². The molecule has 6 atom stereocenters. The van der Waals surface area contributed by atoms with Crippen LogP contribution in [0.3, 0.4) is 0 Å². The minimum absolute atomic E-state index is 0.208. The first kappa shape index (κ1) is 19.5. The Hall–Kier alpha value is -2.19. The Balaban J connectivity index is 1.35. The zero-order valence-corrected chi connectivity index (χ0v) is 18.9. The average molecular weight is 411 g/mol. The molecule has 1 heterocycles. The maximum Gasteiger partial charge on any atom is 0.0346 e. The molecule has 2 aromatic rings. The van der Waals surface area contributed by atoms with E-state index in [0.717, 1.165) is 12.3 Å². The predicted molar refractivity (Wildman–Crippen MR) is 129 cm³/mol. The Bertz CT molecular complexity index is 1120. The molecule has 0 saturated heterocycles. The molecule has 0 aliphatic heterocycles. The highest BCUT2D eigenvalue weighted by atomic mass is 14.6. The summed E-state index contributed by atoms with van der Waals surface area (Å²) >= 11 is 0. The van der Waals surface area contributed by atoms with E-state index in [9.17, 15) is 0 Å². The largest absolute Gasteiger partial charge is 0.324 e. The van der Waals surface area contributed by atoms with Gasteiger partial charge in [0.2, 0.25) is 0 Å². The number of pyridine rings is 1. The first-order chi connectivity index (χ1) is 15.0. The number of hydrogen-bond donors (Lipinski definition) is 1. The standard InChI is InChI=1S/C29H34N2/c1-28-12-10-25-20(16-23(28)5-6-24(30)17-28)9-13-29(2)26(7-8-27(25)29)21-4-3-19-11-14-31-18-22(19)15-21/h3-6,9,11,14-16,18,24-27H,7-8,10,12-13,17,30H2,1-2H3. The molecule has 31 heavy (non-hydrogen) atoms. The summed E-state index contributed by atoms with van der Waals surface area (Å²) < 4.78 is 0. The van der Waals surface area contributed by atoms with Gasteiger partial charge in [-0.05, 0) is 101 Å². The molecular weight excluding hydrogens is 376 g/mol. The molecule has 2 nitrogen and oxygen atoms in total. The highest BCUT2D eigenvalue weighted by Gasteiger charge is 2.52. The lowest BCUT2D eigenvalue weighted by Gasteiger charge is -2.44. The van der Waals surface area contributed by atoms with Crippen LogP contribution in [-0.2, 0) is 0 Å². The van der Waals surface area contributed by atoms with Crippen LogP contribution in [-0.4, -0.2) is 11.0 Å². The van der Waals surface area contributed by atoms with Crippen LogP contribution in [0.4, 0.5) is 0 Å². The van der Waals surface area contributed by atoms with Gasteiger partial charge in [0.25, 0.3) is 0 Å². The van der Waals surface area contributed by atoms with Crippen LogP contribution in [0, 0.1) is 22.7 Å². The lowest BCUT2D eigenvalue weighted by molar-refractivity contribution is 0.132. The Labute approximate surface area is 186 Å².